The van der Waals surface area contributed by atoms with Crippen molar-refractivity contribution < 1.29 is 18.3 Å². The lowest BCUT2D eigenvalue weighted by molar-refractivity contribution is -0.132. The quantitative estimate of drug-likeness (QED) is 0.757. The van der Waals surface area contributed by atoms with Crippen molar-refractivity contribution in [1.82, 2.24) is 4.90 Å². The molecule has 0 aromatic heterocycles. The van der Waals surface area contributed by atoms with Gasteiger partial charge in [0.25, 0.3) is 0 Å². The molecule has 0 aromatic rings. The summed E-state index contributed by atoms with van der Waals surface area (Å²) in [6, 6.07) is 0. The summed E-state index contributed by atoms with van der Waals surface area (Å²) in [5.74, 6) is 0.610. The van der Waals surface area contributed by atoms with Gasteiger partial charge in [-0.25, -0.2) is 13.2 Å². The molecule has 1 N–H and O–H groups in total. The van der Waals surface area contributed by atoms with E-state index < -0.39 is 21.2 Å². The highest BCUT2D eigenvalue weighted by molar-refractivity contribution is 8.01. The van der Waals surface area contributed by atoms with E-state index in [4.69, 9.17) is 5.11 Å². The zero-order valence-electron chi connectivity index (χ0n) is 10.6. The van der Waals surface area contributed by atoms with E-state index >= 15 is 0 Å². The highest BCUT2D eigenvalue weighted by Crippen LogP contribution is 2.21. The maximum absolute atomic E-state index is 12.0. The Labute approximate surface area is 112 Å². The molecule has 104 valence electrons. The predicted molar refractivity (Wildman–Crippen MR) is 73.5 cm³/mol. The van der Waals surface area contributed by atoms with Crippen LogP contribution in [0.5, 0.6) is 0 Å². The first-order valence-corrected chi connectivity index (χ1v) is 8.69. The Balaban J connectivity index is 2.78. The smallest absolute Gasteiger partial charge is 0.330 e. The molecule has 1 unspecified atom stereocenters. The Morgan fingerprint density at radius 2 is 2.22 bits per heavy atom. The van der Waals surface area contributed by atoms with E-state index in [9.17, 15) is 13.2 Å². The Bertz CT molecular complexity index is 430. The molecule has 1 saturated heterocycles. The summed E-state index contributed by atoms with van der Waals surface area (Å²) < 4.78 is 23.9. The van der Waals surface area contributed by atoms with Crippen LogP contribution in [0.3, 0.4) is 0 Å². The first-order valence-electron chi connectivity index (χ1n) is 5.82. The molecule has 1 heterocycles. The maximum atomic E-state index is 12.0. The fourth-order valence-corrected chi connectivity index (χ4v) is 4.78. The summed E-state index contributed by atoms with van der Waals surface area (Å²) in [6.45, 7) is 4.22. The molecule has 1 atom stereocenters. The standard InChI is InChI=1S/C11H19NO4S2/c1-3-18(15,16)10-8-17-7-6-12(10)5-4-9(2)11(13)14/h4,10H,3,5-8H2,1-2H3,(H,13,14). The number of hydrogen-bond donors (Lipinski definition) is 1. The van der Waals surface area contributed by atoms with Crippen LogP contribution < -0.4 is 0 Å². The summed E-state index contributed by atoms with van der Waals surface area (Å²) in [5, 5.41) is 8.29. The van der Waals surface area contributed by atoms with Crippen molar-refractivity contribution in [2.75, 3.05) is 30.3 Å². The second kappa shape index (κ2) is 6.58. The fourth-order valence-electron chi connectivity index (χ4n) is 1.69. The number of thioether (sulfide) groups is 1. The van der Waals surface area contributed by atoms with Gasteiger partial charge in [0, 0.05) is 35.9 Å². The lowest BCUT2D eigenvalue weighted by Crippen LogP contribution is -2.47. The van der Waals surface area contributed by atoms with Crippen molar-refractivity contribution in [2.45, 2.75) is 19.2 Å². The molecule has 1 aliphatic rings. The van der Waals surface area contributed by atoms with E-state index in [-0.39, 0.29) is 11.3 Å². The molecule has 1 aliphatic heterocycles. The average molecular weight is 293 g/mol. The van der Waals surface area contributed by atoms with Crippen LogP contribution in [0.2, 0.25) is 0 Å². The molecule has 0 radical (unpaired) electrons. The van der Waals surface area contributed by atoms with Crippen LogP contribution >= 0.6 is 11.8 Å². The SMILES string of the molecule is CCS(=O)(=O)C1CSCCN1CC=C(C)C(=O)O. The second-order valence-corrected chi connectivity index (χ2v) is 7.77. The van der Waals surface area contributed by atoms with Crippen LogP contribution in [0.4, 0.5) is 0 Å². The van der Waals surface area contributed by atoms with Gasteiger partial charge in [-0.3, -0.25) is 4.90 Å². The van der Waals surface area contributed by atoms with Crippen LogP contribution in [0, 0.1) is 0 Å². The van der Waals surface area contributed by atoms with Gasteiger partial charge < -0.3 is 5.11 Å². The van der Waals surface area contributed by atoms with Crippen LogP contribution in [0.25, 0.3) is 0 Å². The molecule has 0 amide bonds. The molecule has 7 heteroatoms. The first-order chi connectivity index (χ1) is 8.38. The minimum absolute atomic E-state index is 0.121. The van der Waals surface area contributed by atoms with E-state index in [1.807, 2.05) is 4.90 Å². The Hall–Kier alpha value is -0.530. The zero-order chi connectivity index (χ0) is 13.8. The third-order valence-electron chi connectivity index (χ3n) is 2.98. The van der Waals surface area contributed by atoms with Crippen LogP contribution in [-0.2, 0) is 14.6 Å². The topological polar surface area (TPSA) is 74.7 Å². The molecule has 1 fully saturated rings. The third kappa shape index (κ3) is 4.00. The lowest BCUT2D eigenvalue weighted by Gasteiger charge is -2.33. The van der Waals surface area contributed by atoms with E-state index in [0.29, 0.717) is 18.8 Å². The van der Waals surface area contributed by atoms with Crippen molar-refractivity contribution in [1.29, 1.82) is 0 Å². The summed E-state index contributed by atoms with van der Waals surface area (Å²) in [4.78, 5) is 12.5. The van der Waals surface area contributed by atoms with Crippen molar-refractivity contribution in [3.63, 3.8) is 0 Å². The summed E-state index contributed by atoms with van der Waals surface area (Å²) in [7, 11) is -3.11. The normalized spacial score (nSPS) is 23.0. The number of sulfone groups is 1. The molecule has 0 aliphatic carbocycles. The Morgan fingerprint density at radius 1 is 1.56 bits per heavy atom. The number of carboxylic acids is 1. The van der Waals surface area contributed by atoms with Crippen molar-refractivity contribution in [3.8, 4) is 0 Å². The van der Waals surface area contributed by atoms with Gasteiger partial charge in [-0.1, -0.05) is 13.0 Å². The first kappa shape index (κ1) is 15.5. The van der Waals surface area contributed by atoms with Crippen LogP contribution in [0.15, 0.2) is 11.6 Å². The minimum atomic E-state index is -3.11. The number of rotatable bonds is 5. The van der Waals surface area contributed by atoms with Gasteiger partial charge >= 0.3 is 5.97 Å². The van der Waals surface area contributed by atoms with Crippen LogP contribution in [-0.4, -0.2) is 60.1 Å². The molecule has 0 saturated carbocycles. The largest absolute Gasteiger partial charge is 0.478 e. The van der Waals surface area contributed by atoms with E-state index in [1.165, 1.54) is 6.92 Å². The number of carboxylic acid groups (broad SMARTS) is 1. The molecule has 0 bridgehead atoms. The van der Waals surface area contributed by atoms with E-state index in [2.05, 4.69) is 0 Å². The predicted octanol–water partition coefficient (Wildman–Crippen LogP) is 0.827. The maximum Gasteiger partial charge on any atom is 0.330 e. The number of hydrogen-bond acceptors (Lipinski definition) is 5. The summed E-state index contributed by atoms with van der Waals surface area (Å²) >= 11 is 1.63. The fraction of sp³-hybridized carbons (Fsp3) is 0.727. The Kier molecular flexibility index (Phi) is 5.68. The van der Waals surface area contributed by atoms with E-state index in [0.717, 1.165) is 5.75 Å². The van der Waals surface area contributed by atoms with Crippen molar-refractivity contribution >= 4 is 27.6 Å². The molecule has 5 nitrogen and oxygen atoms in total. The highest BCUT2D eigenvalue weighted by Gasteiger charge is 2.32. The molecular weight excluding hydrogens is 274 g/mol. The molecule has 18 heavy (non-hydrogen) atoms. The third-order valence-corrected chi connectivity index (χ3v) is 6.31. The molecule has 1 rings (SSSR count). The average Bonchev–Trinajstić information content (AvgIpc) is 2.36. The molecular formula is C11H19NO4S2. The number of aliphatic carboxylic acids is 1. The van der Waals surface area contributed by atoms with Gasteiger partial charge in [-0.05, 0) is 6.92 Å². The highest BCUT2D eigenvalue weighted by atomic mass is 32.2. The summed E-state index contributed by atoms with van der Waals surface area (Å²) in [5.41, 5.74) is 0.251. The van der Waals surface area contributed by atoms with Gasteiger partial charge in [-0.2, -0.15) is 11.8 Å². The molecule has 0 aromatic carbocycles. The lowest BCUT2D eigenvalue weighted by atomic mass is 10.3. The van der Waals surface area contributed by atoms with Gasteiger partial charge in [0.15, 0.2) is 9.84 Å². The summed E-state index contributed by atoms with van der Waals surface area (Å²) in [6.07, 6.45) is 1.58. The van der Waals surface area contributed by atoms with Gasteiger partial charge in [-0.15, -0.1) is 0 Å². The molecule has 0 spiro atoms. The Morgan fingerprint density at radius 3 is 2.78 bits per heavy atom. The monoisotopic (exact) mass is 293 g/mol. The number of nitrogens with zero attached hydrogens (tertiary/aromatic N) is 1. The van der Waals surface area contributed by atoms with Crippen LogP contribution in [0.1, 0.15) is 13.8 Å². The van der Waals surface area contributed by atoms with Gasteiger partial charge in [0.1, 0.15) is 5.37 Å². The minimum Gasteiger partial charge on any atom is -0.478 e. The van der Waals surface area contributed by atoms with Crippen molar-refractivity contribution in [3.05, 3.63) is 11.6 Å². The zero-order valence-corrected chi connectivity index (χ0v) is 12.3. The second-order valence-electron chi connectivity index (χ2n) is 4.17. The number of carbonyl (C=O) groups is 1. The van der Waals surface area contributed by atoms with Gasteiger partial charge in [0.2, 0.25) is 0 Å². The van der Waals surface area contributed by atoms with Gasteiger partial charge in [0.05, 0.1) is 0 Å². The van der Waals surface area contributed by atoms with E-state index in [1.54, 1.807) is 24.8 Å². The van der Waals surface area contributed by atoms with Crippen molar-refractivity contribution in [2.24, 2.45) is 0 Å².